The molecule has 1 aliphatic carbocycles. The molecule has 1 aromatic heterocycles. The van der Waals surface area contributed by atoms with E-state index in [0.29, 0.717) is 22.3 Å². The smallest absolute Gasteiger partial charge is 0.195 e. The molecule has 4 rings (SSSR count). The third-order valence-electron chi connectivity index (χ3n) is 3.71. The van der Waals surface area contributed by atoms with Gasteiger partial charge in [0.05, 0.1) is 0 Å². The van der Waals surface area contributed by atoms with Crippen LogP contribution in [0.15, 0.2) is 54.9 Å². The number of hydrogen-bond acceptors (Lipinski definition) is 3. The quantitative estimate of drug-likeness (QED) is 0.487. The van der Waals surface area contributed by atoms with Crippen LogP contribution in [0.4, 0.5) is 0 Å². The van der Waals surface area contributed by atoms with E-state index in [9.17, 15) is 9.59 Å². The Labute approximate surface area is 114 Å². The van der Waals surface area contributed by atoms with Crippen LogP contribution in [0, 0.1) is 0 Å². The molecule has 0 spiro atoms. The molecule has 0 N–H and O–H groups in total. The third kappa shape index (κ3) is 1.32. The number of carbonyl (C=O) groups is 2. The molecule has 0 saturated carbocycles. The van der Waals surface area contributed by atoms with Gasteiger partial charge in [-0.25, -0.2) is 0 Å². The fourth-order valence-electron chi connectivity index (χ4n) is 2.76. The number of rotatable bonds is 0. The van der Waals surface area contributed by atoms with Crippen molar-refractivity contribution in [2.45, 2.75) is 0 Å². The molecule has 0 fully saturated rings. The zero-order valence-electron chi connectivity index (χ0n) is 10.5. The van der Waals surface area contributed by atoms with Gasteiger partial charge in [0.25, 0.3) is 0 Å². The molecule has 1 heterocycles. The topological polar surface area (TPSA) is 47.0 Å². The summed E-state index contributed by atoms with van der Waals surface area (Å²) in [5.41, 5.74) is 1.94. The van der Waals surface area contributed by atoms with Gasteiger partial charge in [0.1, 0.15) is 0 Å². The highest BCUT2D eigenvalue weighted by molar-refractivity contribution is 6.32. The van der Waals surface area contributed by atoms with Gasteiger partial charge in [0.15, 0.2) is 11.6 Å². The monoisotopic (exact) mass is 259 g/mol. The van der Waals surface area contributed by atoms with Gasteiger partial charge in [0, 0.05) is 40.0 Å². The van der Waals surface area contributed by atoms with Gasteiger partial charge in [-0.3, -0.25) is 14.6 Å². The molecule has 3 nitrogen and oxygen atoms in total. The highest BCUT2D eigenvalue weighted by atomic mass is 16.1. The lowest BCUT2D eigenvalue weighted by Crippen LogP contribution is -2.21. The van der Waals surface area contributed by atoms with Crippen LogP contribution >= 0.6 is 0 Å². The second-order valence-electron chi connectivity index (χ2n) is 4.79. The minimum atomic E-state index is -0.0907. The number of benzene rings is 2. The van der Waals surface area contributed by atoms with E-state index in [-0.39, 0.29) is 11.6 Å². The van der Waals surface area contributed by atoms with Crippen LogP contribution < -0.4 is 0 Å². The van der Waals surface area contributed by atoms with E-state index < -0.39 is 0 Å². The van der Waals surface area contributed by atoms with Crippen molar-refractivity contribution in [2.24, 2.45) is 0 Å². The summed E-state index contributed by atoms with van der Waals surface area (Å²) in [5, 5.41) is 1.65. The third-order valence-corrected chi connectivity index (χ3v) is 3.71. The summed E-state index contributed by atoms with van der Waals surface area (Å²) in [5.74, 6) is -0.180. The predicted molar refractivity (Wildman–Crippen MR) is 75.1 cm³/mol. The largest absolute Gasteiger partial charge is 0.289 e. The maximum atomic E-state index is 12.7. The first-order chi connectivity index (χ1) is 9.77. The summed E-state index contributed by atoms with van der Waals surface area (Å²) in [6.45, 7) is 0. The van der Waals surface area contributed by atoms with E-state index >= 15 is 0 Å². The fraction of sp³-hybridized carbons (Fsp3) is 0. The first-order valence-corrected chi connectivity index (χ1v) is 6.32. The van der Waals surface area contributed by atoms with Crippen LogP contribution in [0.25, 0.3) is 10.8 Å². The lowest BCUT2D eigenvalue weighted by atomic mass is 9.82. The average molecular weight is 259 g/mol. The van der Waals surface area contributed by atoms with Crippen molar-refractivity contribution in [2.75, 3.05) is 0 Å². The molecule has 1 aliphatic rings. The number of pyridine rings is 1. The van der Waals surface area contributed by atoms with Crippen molar-refractivity contribution in [1.82, 2.24) is 4.98 Å². The molecule has 3 aromatic rings. The van der Waals surface area contributed by atoms with Crippen molar-refractivity contribution in [3.8, 4) is 0 Å². The van der Waals surface area contributed by atoms with Gasteiger partial charge in [0.2, 0.25) is 0 Å². The van der Waals surface area contributed by atoms with Gasteiger partial charge in [-0.05, 0) is 17.5 Å². The highest BCUT2D eigenvalue weighted by Crippen LogP contribution is 2.31. The second kappa shape index (κ2) is 3.84. The van der Waals surface area contributed by atoms with Gasteiger partial charge >= 0.3 is 0 Å². The zero-order valence-corrected chi connectivity index (χ0v) is 10.5. The molecule has 0 aliphatic heterocycles. The number of carbonyl (C=O) groups excluding carboxylic acids is 2. The summed E-state index contributed by atoms with van der Waals surface area (Å²) in [4.78, 5) is 29.3. The highest BCUT2D eigenvalue weighted by Gasteiger charge is 2.30. The van der Waals surface area contributed by atoms with E-state index in [0.717, 1.165) is 10.8 Å². The molecular formula is C17H9NO2. The summed E-state index contributed by atoms with van der Waals surface area (Å²) < 4.78 is 0. The van der Waals surface area contributed by atoms with Crippen molar-refractivity contribution < 1.29 is 9.59 Å². The fourth-order valence-corrected chi connectivity index (χ4v) is 2.76. The van der Waals surface area contributed by atoms with Crippen LogP contribution in [0.1, 0.15) is 31.8 Å². The predicted octanol–water partition coefficient (Wildman–Crippen LogP) is 3.01. The van der Waals surface area contributed by atoms with Crippen LogP contribution in [0.2, 0.25) is 0 Å². The van der Waals surface area contributed by atoms with Gasteiger partial charge in [-0.15, -0.1) is 0 Å². The van der Waals surface area contributed by atoms with Gasteiger partial charge in [-0.2, -0.15) is 0 Å². The van der Waals surface area contributed by atoms with E-state index in [2.05, 4.69) is 4.98 Å². The van der Waals surface area contributed by atoms with Crippen LogP contribution in [-0.2, 0) is 0 Å². The molecule has 0 amide bonds. The molecule has 3 heteroatoms. The Morgan fingerprint density at radius 2 is 1.50 bits per heavy atom. The number of fused-ring (bicyclic) bond motifs is 4. The molecule has 0 atom stereocenters. The molecule has 0 radical (unpaired) electrons. The Kier molecular flexibility index (Phi) is 2.12. The van der Waals surface area contributed by atoms with E-state index in [1.165, 1.54) is 0 Å². The molecule has 20 heavy (non-hydrogen) atoms. The minimum Gasteiger partial charge on any atom is -0.289 e. The SMILES string of the molecule is O=C1c2ccccc2C(=O)c2c1ccc1cnccc21. The maximum Gasteiger partial charge on any atom is 0.195 e. The van der Waals surface area contributed by atoms with Crippen LogP contribution in [0.5, 0.6) is 0 Å². The Balaban J connectivity index is 2.14. The van der Waals surface area contributed by atoms with Crippen LogP contribution in [-0.4, -0.2) is 16.6 Å². The normalized spacial score (nSPS) is 13.2. The second-order valence-corrected chi connectivity index (χ2v) is 4.79. The Hall–Kier alpha value is -2.81. The van der Waals surface area contributed by atoms with Crippen molar-refractivity contribution in [3.63, 3.8) is 0 Å². The number of ketones is 2. The number of aromatic nitrogens is 1. The average Bonchev–Trinajstić information content (AvgIpc) is 2.51. The molecule has 0 bridgehead atoms. The summed E-state index contributed by atoms with van der Waals surface area (Å²) in [6, 6.07) is 12.3. The minimum absolute atomic E-state index is 0.0890. The Morgan fingerprint density at radius 3 is 2.30 bits per heavy atom. The first kappa shape index (κ1) is 11.1. The molecule has 0 unspecified atom stereocenters. The first-order valence-electron chi connectivity index (χ1n) is 6.32. The van der Waals surface area contributed by atoms with E-state index in [1.807, 2.05) is 6.07 Å². The lowest BCUT2D eigenvalue weighted by molar-refractivity contribution is 0.0980. The number of hydrogen-bond donors (Lipinski definition) is 0. The lowest BCUT2D eigenvalue weighted by Gasteiger charge is -2.18. The molecule has 94 valence electrons. The molecule has 0 saturated heterocycles. The zero-order chi connectivity index (χ0) is 13.7. The van der Waals surface area contributed by atoms with Crippen molar-refractivity contribution in [3.05, 3.63) is 77.1 Å². The Morgan fingerprint density at radius 1 is 0.750 bits per heavy atom. The van der Waals surface area contributed by atoms with Gasteiger partial charge < -0.3 is 0 Å². The summed E-state index contributed by atoms with van der Waals surface area (Å²) >= 11 is 0. The summed E-state index contributed by atoms with van der Waals surface area (Å²) in [7, 11) is 0. The van der Waals surface area contributed by atoms with E-state index in [4.69, 9.17) is 0 Å². The van der Waals surface area contributed by atoms with Gasteiger partial charge in [-0.1, -0.05) is 30.3 Å². The standard InChI is InChI=1S/C17H9NO2/c19-16-12-3-1-2-4-13(12)17(20)15-11-7-8-18-9-10(11)5-6-14(15)16/h1-9H. The number of nitrogens with zero attached hydrogens (tertiary/aromatic N) is 1. The van der Waals surface area contributed by atoms with Crippen molar-refractivity contribution >= 4 is 22.3 Å². The van der Waals surface area contributed by atoms with Crippen LogP contribution in [0.3, 0.4) is 0 Å². The van der Waals surface area contributed by atoms with Crippen molar-refractivity contribution in [1.29, 1.82) is 0 Å². The summed E-state index contributed by atoms with van der Waals surface area (Å²) in [6.07, 6.45) is 3.34. The Bertz CT molecular complexity index is 896. The maximum absolute atomic E-state index is 12.7. The van der Waals surface area contributed by atoms with E-state index in [1.54, 1.807) is 48.8 Å². The molecule has 2 aromatic carbocycles. The molecular weight excluding hydrogens is 250 g/mol.